The zero-order chi connectivity index (χ0) is 14.7. The first kappa shape index (κ1) is 14.4. The number of aliphatic hydroxyl groups is 1. The standard InChI is InChI=1S/C18H23NO2/c1-13(20)10-11-21-18-9-6-14-4-2-3-5-16(14)17(18)12-19-15-7-8-15/h2-6,9,13,15,19-20H,7-8,10-12H2,1H3. The molecule has 0 spiro atoms. The smallest absolute Gasteiger partial charge is 0.124 e. The van der Waals surface area contributed by atoms with Crippen molar-refractivity contribution in [3.8, 4) is 5.75 Å². The van der Waals surface area contributed by atoms with Crippen molar-refractivity contribution in [3.63, 3.8) is 0 Å². The Kier molecular flexibility index (Phi) is 4.42. The van der Waals surface area contributed by atoms with E-state index in [1.165, 1.54) is 29.2 Å². The lowest BCUT2D eigenvalue weighted by Crippen LogP contribution is -2.17. The lowest BCUT2D eigenvalue weighted by molar-refractivity contribution is 0.155. The molecule has 0 aliphatic heterocycles. The number of nitrogens with one attached hydrogen (secondary N) is 1. The highest BCUT2D eigenvalue weighted by molar-refractivity contribution is 5.87. The van der Waals surface area contributed by atoms with Crippen molar-refractivity contribution >= 4 is 10.8 Å². The lowest BCUT2D eigenvalue weighted by Gasteiger charge is -2.15. The van der Waals surface area contributed by atoms with Gasteiger partial charge in [0.05, 0.1) is 12.7 Å². The molecule has 1 fully saturated rings. The molecule has 1 aliphatic rings. The second-order valence-corrected chi connectivity index (χ2v) is 5.90. The van der Waals surface area contributed by atoms with E-state index in [9.17, 15) is 5.11 Å². The van der Waals surface area contributed by atoms with Gasteiger partial charge in [0.1, 0.15) is 5.75 Å². The van der Waals surface area contributed by atoms with E-state index in [-0.39, 0.29) is 6.10 Å². The van der Waals surface area contributed by atoms with Crippen LogP contribution in [0.2, 0.25) is 0 Å². The van der Waals surface area contributed by atoms with E-state index < -0.39 is 0 Å². The lowest BCUT2D eigenvalue weighted by atomic mass is 10.0. The van der Waals surface area contributed by atoms with Crippen LogP contribution in [0.5, 0.6) is 5.75 Å². The minimum absolute atomic E-state index is 0.321. The number of aliphatic hydroxyl groups excluding tert-OH is 1. The van der Waals surface area contributed by atoms with Crippen molar-refractivity contribution < 1.29 is 9.84 Å². The summed E-state index contributed by atoms with van der Waals surface area (Å²) in [4.78, 5) is 0. The highest BCUT2D eigenvalue weighted by Crippen LogP contribution is 2.29. The van der Waals surface area contributed by atoms with Crippen molar-refractivity contribution in [3.05, 3.63) is 42.0 Å². The number of rotatable bonds is 7. The molecule has 2 N–H and O–H groups in total. The third-order valence-electron chi connectivity index (χ3n) is 3.94. The Balaban J connectivity index is 1.83. The van der Waals surface area contributed by atoms with Crippen LogP contribution in [0.1, 0.15) is 31.7 Å². The number of ether oxygens (including phenoxy) is 1. The zero-order valence-corrected chi connectivity index (χ0v) is 12.5. The quantitative estimate of drug-likeness (QED) is 0.820. The summed E-state index contributed by atoms with van der Waals surface area (Å²) in [5, 5.41) is 15.4. The summed E-state index contributed by atoms with van der Waals surface area (Å²) < 4.78 is 5.91. The largest absolute Gasteiger partial charge is 0.493 e. The Hall–Kier alpha value is -1.58. The fraction of sp³-hybridized carbons (Fsp3) is 0.444. The molecule has 112 valence electrons. The van der Waals surface area contributed by atoms with Crippen LogP contribution >= 0.6 is 0 Å². The first-order valence-electron chi connectivity index (χ1n) is 7.79. The molecule has 1 aliphatic carbocycles. The van der Waals surface area contributed by atoms with Gasteiger partial charge in [0.2, 0.25) is 0 Å². The Labute approximate surface area is 125 Å². The molecule has 0 aromatic heterocycles. The molecule has 2 aromatic carbocycles. The molecular weight excluding hydrogens is 262 g/mol. The van der Waals surface area contributed by atoms with Crippen LogP contribution in [-0.4, -0.2) is 23.9 Å². The van der Waals surface area contributed by atoms with Gasteiger partial charge in [-0.3, -0.25) is 0 Å². The van der Waals surface area contributed by atoms with Crippen LogP contribution in [0.25, 0.3) is 10.8 Å². The predicted octanol–water partition coefficient (Wildman–Crippen LogP) is 3.24. The summed E-state index contributed by atoms with van der Waals surface area (Å²) in [5.41, 5.74) is 1.23. The number of fused-ring (bicyclic) bond motifs is 1. The van der Waals surface area contributed by atoms with E-state index in [0.29, 0.717) is 19.1 Å². The molecule has 3 nitrogen and oxygen atoms in total. The van der Waals surface area contributed by atoms with E-state index in [1.807, 2.05) is 6.07 Å². The van der Waals surface area contributed by atoms with E-state index >= 15 is 0 Å². The van der Waals surface area contributed by atoms with Crippen LogP contribution in [0, 0.1) is 0 Å². The minimum atomic E-state index is -0.321. The van der Waals surface area contributed by atoms with Crippen molar-refractivity contribution in [2.75, 3.05) is 6.61 Å². The molecular formula is C18H23NO2. The van der Waals surface area contributed by atoms with Gasteiger partial charge in [0.15, 0.2) is 0 Å². The summed E-state index contributed by atoms with van der Waals surface area (Å²) in [6.45, 7) is 3.18. The van der Waals surface area contributed by atoms with Gasteiger partial charge in [-0.05, 0) is 36.6 Å². The van der Waals surface area contributed by atoms with Crippen LogP contribution in [0.4, 0.5) is 0 Å². The SMILES string of the molecule is CC(O)CCOc1ccc2ccccc2c1CNC1CC1. The second kappa shape index (κ2) is 6.46. The first-order valence-corrected chi connectivity index (χ1v) is 7.79. The maximum absolute atomic E-state index is 9.36. The zero-order valence-electron chi connectivity index (χ0n) is 12.5. The average molecular weight is 285 g/mol. The first-order chi connectivity index (χ1) is 10.2. The van der Waals surface area contributed by atoms with Gasteiger partial charge >= 0.3 is 0 Å². The summed E-state index contributed by atoms with van der Waals surface area (Å²) in [5.74, 6) is 0.933. The van der Waals surface area contributed by atoms with E-state index in [1.54, 1.807) is 6.92 Å². The van der Waals surface area contributed by atoms with Crippen molar-refractivity contribution in [2.45, 2.75) is 44.9 Å². The van der Waals surface area contributed by atoms with Crippen molar-refractivity contribution in [2.24, 2.45) is 0 Å². The Bertz CT molecular complexity index is 605. The van der Waals surface area contributed by atoms with Crippen molar-refractivity contribution in [1.29, 1.82) is 0 Å². The minimum Gasteiger partial charge on any atom is -0.493 e. The molecule has 21 heavy (non-hydrogen) atoms. The summed E-state index contributed by atoms with van der Waals surface area (Å²) in [7, 11) is 0. The van der Waals surface area contributed by atoms with Gasteiger partial charge in [-0.2, -0.15) is 0 Å². The third-order valence-corrected chi connectivity index (χ3v) is 3.94. The molecule has 2 aromatic rings. The third kappa shape index (κ3) is 3.74. The van der Waals surface area contributed by atoms with Crippen LogP contribution in [0.15, 0.2) is 36.4 Å². The maximum Gasteiger partial charge on any atom is 0.124 e. The average Bonchev–Trinajstić information content (AvgIpc) is 3.29. The topological polar surface area (TPSA) is 41.5 Å². The van der Waals surface area contributed by atoms with E-state index in [2.05, 4.69) is 35.6 Å². The molecule has 3 heteroatoms. The van der Waals surface area contributed by atoms with Gasteiger partial charge in [0, 0.05) is 24.6 Å². The van der Waals surface area contributed by atoms with Crippen molar-refractivity contribution in [1.82, 2.24) is 5.32 Å². The van der Waals surface area contributed by atoms with Gasteiger partial charge in [-0.1, -0.05) is 30.3 Å². The predicted molar refractivity (Wildman–Crippen MR) is 85.6 cm³/mol. The molecule has 1 saturated carbocycles. The molecule has 0 saturated heterocycles. The molecule has 0 amide bonds. The van der Waals surface area contributed by atoms with Gasteiger partial charge in [-0.15, -0.1) is 0 Å². The molecule has 0 radical (unpaired) electrons. The van der Waals surface area contributed by atoms with Gasteiger partial charge in [-0.25, -0.2) is 0 Å². The van der Waals surface area contributed by atoms with Crippen LogP contribution in [-0.2, 0) is 6.54 Å². The second-order valence-electron chi connectivity index (χ2n) is 5.90. The van der Waals surface area contributed by atoms with E-state index in [0.717, 1.165) is 12.3 Å². The molecule has 1 atom stereocenters. The van der Waals surface area contributed by atoms with E-state index in [4.69, 9.17) is 4.74 Å². The summed E-state index contributed by atoms with van der Waals surface area (Å²) >= 11 is 0. The maximum atomic E-state index is 9.36. The Morgan fingerprint density at radius 2 is 2.05 bits per heavy atom. The fourth-order valence-corrected chi connectivity index (χ4v) is 2.51. The summed E-state index contributed by atoms with van der Waals surface area (Å²) in [6, 6.07) is 13.3. The van der Waals surface area contributed by atoms with Gasteiger partial charge in [0.25, 0.3) is 0 Å². The molecule has 0 bridgehead atoms. The molecule has 0 heterocycles. The van der Waals surface area contributed by atoms with Crippen LogP contribution < -0.4 is 10.1 Å². The number of hydrogen-bond acceptors (Lipinski definition) is 3. The highest BCUT2D eigenvalue weighted by atomic mass is 16.5. The monoisotopic (exact) mass is 285 g/mol. The molecule has 1 unspecified atom stereocenters. The Morgan fingerprint density at radius 3 is 2.81 bits per heavy atom. The van der Waals surface area contributed by atoms with Crippen LogP contribution in [0.3, 0.4) is 0 Å². The number of benzene rings is 2. The molecule has 3 rings (SSSR count). The normalized spacial score (nSPS) is 16.1. The fourth-order valence-electron chi connectivity index (χ4n) is 2.51. The number of hydrogen-bond donors (Lipinski definition) is 2. The summed E-state index contributed by atoms with van der Waals surface area (Å²) in [6.07, 6.45) is 2.90. The Morgan fingerprint density at radius 1 is 1.24 bits per heavy atom. The van der Waals surface area contributed by atoms with Gasteiger partial charge < -0.3 is 15.2 Å². The highest BCUT2D eigenvalue weighted by Gasteiger charge is 2.21.